The molecule has 0 radical (unpaired) electrons. The van der Waals surface area contributed by atoms with Crippen LogP contribution >= 0.6 is 0 Å². The average Bonchev–Trinajstić information content (AvgIpc) is 3.16. The highest BCUT2D eigenvalue weighted by atomic mass is 16.5. The number of rotatable bonds is 8. The number of aromatic nitrogens is 2. The molecule has 3 rings (SSSR count). The van der Waals surface area contributed by atoms with Crippen molar-refractivity contribution in [3.8, 4) is 5.75 Å². The Hall–Kier alpha value is -2.87. The summed E-state index contributed by atoms with van der Waals surface area (Å²) in [7, 11) is 0. The number of carbonyl (C=O) groups excluding carboxylic acids is 2. The molecule has 8 nitrogen and oxygen atoms in total. The van der Waals surface area contributed by atoms with Crippen LogP contribution in [0.5, 0.6) is 5.75 Å². The standard InChI is InChI=1S/C20H27N5O3/c21-10-11-28-18-8-6-17(7-9-18)24-20(27)15-12-22-25(13-15)14-19(26)23-16-4-2-1-3-5-16/h6-9,12-13,16H,1-5,10-11,14,21H2,(H,23,26)(H,24,27). The van der Waals surface area contributed by atoms with Gasteiger partial charge in [-0.05, 0) is 37.1 Å². The Morgan fingerprint density at radius 2 is 1.93 bits per heavy atom. The number of hydrogen-bond acceptors (Lipinski definition) is 5. The van der Waals surface area contributed by atoms with Crippen molar-refractivity contribution in [1.29, 1.82) is 0 Å². The molecule has 0 aliphatic heterocycles. The second kappa shape index (κ2) is 9.89. The summed E-state index contributed by atoms with van der Waals surface area (Å²) in [6, 6.07) is 7.31. The maximum atomic E-state index is 12.4. The zero-order valence-corrected chi connectivity index (χ0v) is 15.9. The van der Waals surface area contributed by atoms with Crippen LogP contribution in [0, 0.1) is 0 Å². The first-order chi connectivity index (χ1) is 13.6. The molecule has 1 heterocycles. The van der Waals surface area contributed by atoms with Crippen molar-refractivity contribution in [1.82, 2.24) is 15.1 Å². The summed E-state index contributed by atoms with van der Waals surface area (Å²) in [5.41, 5.74) is 6.44. The second-order valence-electron chi connectivity index (χ2n) is 6.94. The fraction of sp³-hybridized carbons (Fsp3) is 0.450. The van der Waals surface area contributed by atoms with E-state index >= 15 is 0 Å². The number of ether oxygens (including phenoxy) is 1. The molecule has 1 aliphatic rings. The number of anilines is 1. The van der Waals surface area contributed by atoms with Gasteiger partial charge in [-0.1, -0.05) is 19.3 Å². The third kappa shape index (κ3) is 5.82. The lowest BCUT2D eigenvalue weighted by Gasteiger charge is -2.22. The number of carbonyl (C=O) groups is 2. The van der Waals surface area contributed by atoms with Crippen LogP contribution in [0.3, 0.4) is 0 Å². The Bertz CT molecular complexity index is 781. The summed E-state index contributed by atoms with van der Waals surface area (Å²) in [6.45, 7) is 0.997. The van der Waals surface area contributed by atoms with Crippen molar-refractivity contribution in [2.75, 3.05) is 18.5 Å². The molecule has 0 unspecified atom stereocenters. The molecule has 0 saturated heterocycles. The number of nitrogens with two attached hydrogens (primary N) is 1. The van der Waals surface area contributed by atoms with Gasteiger partial charge in [0.25, 0.3) is 5.91 Å². The number of amides is 2. The molecule has 0 atom stereocenters. The maximum absolute atomic E-state index is 12.4. The maximum Gasteiger partial charge on any atom is 0.258 e. The predicted octanol–water partition coefficient (Wildman–Crippen LogP) is 1.92. The molecule has 1 fully saturated rings. The molecule has 8 heteroatoms. The fourth-order valence-corrected chi connectivity index (χ4v) is 3.25. The van der Waals surface area contributed by atoms with E-state index in [0.717, 1.165) is 25.7 Å². The molecule has 4 N–H and O–H groups in total. The van der Waals surface area contributed by atoms with E-state index < -0.39 is 0 Å². The smallest absolute Gasteiger partial charge is 0.258 e. The molecule has 1 aliphatic carbocycles. The molecule has 1 aromatic heterocycles. The molecule has 150 valence electrons. The molecular weight excluding hydrogens is 358 g/mol. The molecular formula is C20H27N5O3. The van der Waals surface area contributed by atoms with Gasteiger partial charge < -0.3 is 21.1 Å². The van der Waals surface area contributed by atoms with Crippen LogP contribution in [-0.4, -0.2) is 40.8 Å². The van der Waals surface area contributed by atoms with Crippen molar-refractivity contribution in [3.63, 3.8) is 0 Å². The van der Waals surface area contributed by atoms with Crippen molar-refractivity contribution < 1.29 is 14.3 Å². The Kier molecular flexibility index (Phi) is 7.02. The highest BCUT2D eigenvalue weighted by Gasteiger charge is 2.16. The van der Waals surface area contributed by atoms with E-state index in [1.807, 2.05) is 0 Å². The van der Waals surface area contributed by atoms with Crippen molar-refractivity contribution in [2.24, 2.45) is 5.73 Å². The lowest BCUT2D eigenvalue weighted by Crippen LogP contribution is -2.38. The second-order valence-corrected chi connectivity index (χ2v) is 6.94. The Morgan fingerprint density at radius 1 is 1.18 bits per heavy atom. The van der Waals surface area contributed by atoms with E-state index in [0.29, 0.717) is 30.2 Å². The van der Waals surface area contributed by atoms with Gasteiger partial charge in [-0.2, -0.15) is 5.10 Å². The van der Waals surface area contributed by atoms with Crippen LogP contribution in [0.4, 0.5) is 5.69 Å². The van der Waals surface area contributed by atoms with Gasteiger partial charge in [-0.15, -0.1) is 0 Å². The van der Waals surface area contributed by atoms with Gasteiger partial charge in [0, 0.05) is 24.5 Å². The van der Waals surface area contributed by atoms with Crippen LogP contribution < -0.4 is 21.1 Å². The Balaban J connectivity index is 1.49. The van der Waals surface area contributed by atoms with Gasteiger partial charge in [0.15, 0.2) is 0 Å². The van der Waals surface area contributed by atoms with Gasteiger partial charge in [0.05, 0.1) is 11.8 Å². The first kappa shape index (κ1) is 19.9. The molecule has 1 saturated carbocycles. The summed E-state index contributed by atoms with van der Waals surface area (Å²) < 4.78 is 6.89. The minimum Gasteiger partial charge on any atom is -0.492 e. The third-order valence-corrected chi connectivity index (χ3v) is 4.67. The minimum absolute atomic E-state index is 0.0740. The largest absolute Gasteiger partial charge is 0.492 e. The van der Waals surface area contributed by atoms with E-state index in [-0.39, 0.29) is 24.4 Å². The van der Waals surface area contributed by atoms with Crippen LogP contribution in [0.2, 0.25) is 0 Å². The summed E-state index contributed by atoms with van der Waals surface area (Å²) in [5, 5.41) is 9.97. The topological polar surface area (TPSA) is 111 Å². The number of nitrogens with one attached hydrogen (secondary N) is 2. The number of benzene rings is 1. The zero-order chi connectivity index (χ0) is 19.8. The van der Waals surface area contributed by atoms with Crippen LogP contribution in [0.15, 0.2) is 36.7 Å². The van der Waals surface area contributed by atoms with E-state index in [9.17, 15) is 9.59 Å². The van der Waals surface area contributed by atoms with Crippen molar-refractivity contribution >= 4 is 17.5 Å². The van der Waals surface area contributed by atoms with Gasteiger partial charge in [0.2, 0.25) is 5.91 Å². The summed E-state index contributed by atoms with van der Waals surface area (Å²) in [5.74, 6) is 0.338. The molecule has 0 spiro atoms. The Labute approximate surface area is 164 Å². The normalized spacial score (nSPS) is 14.5. The minimum atomic E-state index is -0.283. The predicted molar refractivity (Wildman–Crippen MR) is 106 cm³/mol. The summed E-state index contributed by atoms with van der Waals surface area (Å²) in [6.07, 6.45) is 8.68. The Morgan fingerprint density at radius 3 is 2.64 bits per heavy atom. The SMILES string of the molecule is NCCOc1ccc(NC(=O)c2cnn(CC(=O)NC3CCCCC3)c2)cc1. The molecule has 2 aromatic rings. The zero-order valence-electron chi connectivity index (χ0n) is 15.9. The monoisotopic (exact) mass is 385 g/mol. The van der Waals surface area contributed by atoms with Gasteiger partial charge in [0.1, 0.15) is 18.9 Å². The van der Waals surface area contributed by atoms with E-state index in [1.54, 1.807) is 30.5 Å². The first-order valence-electron chi connectivity index (χ1n) is 9.70. The summed E-state index contributed by atoms with van der Waals surface area (Å²) in [4.78, 5) is 24.5. The number of hydrogen-bond donors (Lipinski definition) is 3. The van der Waals surface area contributed by atoms with Gasteiger partial charge in [-0.3, -0.25) is 14.3 Å². The quantitative estimate of drug-likeness (QED) is 0.643. The average molecular weight is 385 g/mol. The lowest BCUT2D eigenvalue weighted by molar-refractivity contribution is -0.122. The van der Waals surface area contributed by atoms with E-state index in [1.165, 1.54) is 17.3 Å². The highest BCUT2D eigenvalue weighted by Crippen LogP contribution is 2.18. The first-order valence-corrected chi connectivity index (χ1v) is 9.70. The van der Waals surface area contributed by atoms with Gasteiger partial charge in [-0.25, -0.2) is 0 Å². The fourth-order valence-electron chi connectivity index (χ4n) is 3.25. The van der Waals surface area contributed by atoms with E-state index in [4.69, 9.17) is 10.5 Å². The van der Waals surface area contributed by atoms with Crippen molar-refractivity contribution in [2.45, 2.75) is 44.7 Å². The molecule has 2 amide bonds. The van der Waals surface area contributed by atoms with Gasteiger partial charge >= 0.3 is 0 Å². The molecule has 0 bridgehead atoms. The summed E-state index contributed by atoms with van der Waals surface area (Å²) >= 11 is 0. The molecule has 28 heavy (non-hydrogen) atoms. The van der Waals surface area contributed by atoms with Crippen molar-refractivity contribution in [3.05, 3.63) is 42.2 Å². The van der Waals surface area contributed by atoms with E-state index in [2.05, 4.69) is 15.7 Å². The third-order valence-electron chi connectivity index (χ3n) is 4.67. The lowest BCUT2D eigenvalue weighted by atomic mass is 9.95. The highest BCUT2D eigenvalue weighted by molar-refractivity contribution is 6.04. The van der Waals surface area contributed by atoms with Crippen LogP contribution in [-0.2, 0) is 11.3 Å². The molecule has 1 aromatic carbocycles. The number of nitrogens with zero attached hydrogens (tertiary/aromatic N) is 2. The van der Waals surface area contributed by atoms with Crippen LogP contribution in [0.1, 0.15) is 42.5 Å². The van der Waals surface area contributed by atoms with Crippen LogP contribution in [0.25, 0.3) is 0 Å².